The molecule has 0 bridgehead atoms. The predicted molar refractivity (Wildman–Crippen MR) is 94.5 cm³/mol. The molecule has 0 spiro atoms. The molecule has 4 nitrogen and oxygen atoms in total. The summed E-state index contributed by atoms with van der Waals surface area (Å²) < 4.78 is 51.9. The Labute approximate surface area is 158 Å². The molecule has 1 aromatic carbocycles. The van der Waals surface area contributed by atoms with E-state index in [1.807, 2.05) is 0 Å². The zero-order valence-corrected chi connectivity index (χ0v) is 14.7. The summed E-state index contributed by atoms with van der Waals surface area (Å²) in [6.07, 6.45) is 0.762. The lowest BCUT2D eigenvalue weighted by atomic mass is 10.1. The number of alkyl halides is 3. The van der Waals surface area contributed by atoms with Gasteiger partial charge in [0, 0.05) is 55.1 Å². The van der Waals surface area contributed by atoms with Crippen molar-refractivity contribution >= 4 is 0 Å². The minimum Gasteiger partial charge on any atom is -0.294 e. The summed E-state index contributed by atoms with van der Waals surface area (Å²) in [5, 5.41) is 0. The van der Waals surface area contributed by atoms with Crippen molar-refractivity contribution in [3.63, 3.8) is 0 Å². The number of hydrogen-bond donors (Lipinski definition) is 0. The van der Waals surface area contributed by atoms with Gasteiger partial charge in [-0.25, -0.2) is 14.4 Å². The monoisotopic (exact) mass is 388 g/mol. The third-order valence-corrected chi connectivity index (χ3v) is 4.73. The predicted octanol–water partition coefficient (Wildman–Crippen LogP) is 4.25. The van der Waals surface area contributed by atoms with Crippen molar-refractivity contribution in [1.82, 2.24) is 19.9 Å². The number of fused-ring (bicyclic) bond motifs is 1. The Balaban J connectivity index is 1.50. The number of benzene rings is 1. The minimum atomic E-state index is -4.37. The number of aromatic nitrogens is 3. The van der Waals surface area contributed by atoms with Crippen LogP contribution < -0.4 is 0 Å². The lowest BCUT2D eigenvalue weighted by Crippen LogP contribution is -2.31. The van der Waals surface area contributed by atoms with Crippen LogP contribution in [-0.4, -0.2) is 26.4 Å². The zero-order chi connectivity index (χ0) is 19.7. The number of nitrogens with zero attached hydrogens (tertiary/aromatic N) is 4. The third kappa shape index (κ3) is 3.87. The number of pyridine rings is 1. The van der Waals surface area contributed by atoms with Gasteiger partial charge in [-0.2, -0.15) is 13.2 Å². The van der Waals surface area contributed by atoms with E-state index in [0.29, 0.717) is 43.0 Å². The highest BCUT2D eigenvalue weighted by atomic mass is 19.4. The van der Waals surface area contributed by atoms with Gasteiger partial charge in [0.2, 0.25) is 0 Å². The summed E-state index contributed by atoms with van der Waals surface area (Å²) in [5.74, 6) is 0.0725. The van der Waals surface area contributed by atoms with Crippen LogP contribution in [0.25, 0.3) is 11.4 Å². The molecule has 0 fully saturated rings. The van der Waals surface area contributed by atoms with Crippen LogP contribution in [0.3, 0.4) is 0 Å². The highest BCUT2D eigenvalue weighted by Gasteiger charge is 2.30. The van der Waals surface area contributed by atoms with Gasteiger partial charge < -0.3 is 0 Å². The van der Waals surface area contributed by atoms with Gasteiger partial charge in [0.05, 0.1) is 17.5 Å². The van der Waals surface area contributed by atoms with E-state index in [0.717, 1.165) is 23.4 Å². The van der Waals surface area contributed by atoms with Gasteiger partial charge in [-0.3, -0.25) is 9.88 Å². The van der Waals surface area contributed by atoms with Crippen molar-refractivity contribution in [1.29, 1.82) is 0 Å². The van der Waals surface area contributed by atoms with Gasteiger partial charge in [0.1, 0.15) is 5.82 Å². The molecule has 28 heavy (non-hydrogen) atoms. The maximum Gasteiger partial charge on any atom is 0.416 e. The molecule has 0 radical (unpaired) electrons. The van der Waals surface area contributed by atoms with Gasteiger partial charge in [-0.05, 0) is 18.2 Å². The normalized spacial score (nSPS) is 14.7. The van der Waals surface area contributed by atoms with Crippen molar-refractivity contribution in [2.24, 2.45) is 0 Å². The number of halogens is 4. The Hall–Kier alpha value is -2.87. The molecule has 0 unspecified atom stereocenters. The van der Waals surface area contributed by atoms with Gasteiger partial charge in [0.15, 0.2) is 5.82 Å². The quantitative estimate of drug-likeness (QED) is 0.629. The van der Waals surface area contributed by atoms with Crippen molar-refractivity contribution in [2.45, 2.75) is 25.7 Å². The molecule has 8 heteroatoms. The molecule has 0 amide bonds. The van der Waals surface area contributed by atoms with Crippen LogP contribution in [0.15, 0.2) is 48.9 Å². The Morgan fingerprint density at radius 2 is 1.82 bits per heavy atom. The maximum absolute atomic E-state index is 13.8. The average Bonchev–Trinajstić information content (AvgIpc) is 2.69. The molecule has 0 N–H and O–H groups in total. The molecule has 0 atom stereocenters. The minimum absolute atomic E-state index is 0.331. The molecule has 0 saturated heterocycles. The molecule has 2 aromatic heterocycles. The van der Waals surface area contributed by atoms with Crippen molar-refractivity contribution < 1.29 is 17.6 Å². The summed E-state index contributed by atoms with van der Waals surface area (Å²) in [4.78, 5) is 14.7. The first-order valence-electron chi connectivity index (χ1n) is 8.73. The SMILES string of the molecule is Fc1cnccc1CN1CCc2nc(-c3ccc(C(F)(F)F)cc3)ncc2C1. The van der Waals surface area contributed by atoms with Crippen molar-refractivity contribution in [3.8, 4) is 11.4 Å². The second-order valence-electron chi connectivity index (χ2n) is 6.67. The molecule has 1 aliphatic rings. The molecule has 3 heterocycles. The van der Waals surface area contributed by atoms with Crippen LogP contribution in [0.2, 0.25) is 0 Å². The molecule has 1 aliphatic heterocycles. The zero-order valence-electron chi connectivity index (χ0n) is 14.7. The van der Waals surface area contributed by atoms with E-state index < -0.39 is 11.7 Å². The van der Waals surface area contributed by atoms with E-state index in [1.165, 1.54) is 18.3 Å². The molecule has 0 saturated carbocycles. The van der Waals surface area contributed by atoms with Gasteiger partial charge >= 0.3 is 6.18 Å². The lowest BCUT2D eigenvalue weighted by Gasteiger charge is -2.28. The Bertz CT molecular complexity index is 986. The first kappa shape index (κ1) is 18.5. The highest BCUT2D eigenvalue weighted by molar-refractivity contribution is 5.56. The highest BCUT2D eigenvalue weighted by Crippen LogP contribution is 2.30. The van der Waals surface area contributed by atoms with Crippen LogP contribution in [0.4, 0.5) is 17.6 Å². The third-order valence-electron chi connectivity index (χ3n) is 4.73. The fourth-order valence-electron chi connectivity index (χ4n) is 3.23. The molecule has 3 aromatic rings. The van der Waals surface area contributed by atoms with Crippen LogP contribution in [-0.2, 0) is 25.7 Å². The average molecular weight is 388 g/mol. The van der Waals surface area contributed by atoms with Crippen LogP contribution in [0.5, 0.6) is 0 Å². The first-order valence-corrected chi connectivity index (χ1v) is 8.73. The van der Waals surface area contributed by atoms with E-state index >= 15 is 0 Å². The second kappa shape index (κ2) is 7.27. The van der Waals surface area contributed by atoms with E-state index in [-0.39, 0.29) is 5.82 Å². The fraction of sp³-hybridized carbons (Fsp3) is 0.250. The Morgan fingerprint density at radius 1 is 1.04 bits per heavy atom. The van der Waals surface area contributed by atoms with Gasteiger partial charge in [-0.1, -0.05) is 12.1 Å². The Morgan fingerprint density at radius 3 is 2.54 bits per heavy atom. The second-order valence-corrected chi connectivity index (χ2v) is 6.67. The summed E-state index contributed by atoms with van der Waals surface area (Å²) in [6, 6.07) is 6.49. The number of hydrogen-bond acceptors (Lipinski definition) is 4. The topological polar surface area (TPSA) is 41.9 Å². The van der Waals surface area contributed by atoms with Crippen LogP contribution >= 0.6 is 0 Å². The van der Waals surface area contributed by atoms with Gasteiger partial charge in [0.25, 0.3) is 0 Å². The molecule has 144 valence electrons. The smallest absolute Gasteiger partial charge is 0.294 e. The number of rotatable bonds is 3. The summed E-state index contributed by atoms with van der Waals surface area (Å²) in [7, 11) is 0. The molecule has 4 rings (SSSR count). The van der Waals surface area contributed by atoms with E-state index in [9.17, 15) is 17.6 Å². The van der Waals surface area contributed by atoms with Crippen molar-refractivity contribution in [3.05, 3.63) is 77.1 Å². The summed E-state index contributed by atoms with van der Waals surface area (Å²) in [6.45, 7) is 1.76. The van der Waals surface area contributed by atoms with E-state index in [4.69, 9.17) is 0 Å². The standard InChI is InChI=1S/C20H16F4N4/c21-17-10-25-7-5-14(17)11-28-8-6-18-15(12-28)9-26-19(27-18)13-1-3-16(4-2-13)20(22,23)24/h1-5,7,9-10H,6,8,11-12H2. The van der Waals surface area contributed by atoms with E-state index in [2.05, 4.69) is 19.9 Å². The molecular formula is C20H16F4N4. The van der Waals surface area contributed by atoms with Crippen LogP contribution in [0, 0.1) is 5.82 Å². The van der Waals surface area contributed by atoms with E-state index in [1.54, 1.807) is 18.5 Å². The summed E-state index contributed by atoms with van der Waals surface area (Å²) >= 11 is 0. The molecular weight excluding hydrogens is 372 g/mol. The Kier molecular flexibility index (Phi) is 4.80. The van der Waals surface area contributed by atoms with Crippen molar-refractivity contribution in [2.75, 3.05) is 6.54 Å². The largest absolute Gasteiger partial charge is 0.416 e. The fourth-order valence-corrected chi connectivity index (χ4v) is 3.23. The summed E-state index contributed by atoms with van der Waals surface area (Å²) in [5.41, 5.74) is 2.23. The lowest BCUT2D eigenvalue weighted by molar-refractivity contribution is -0.137. The molecule has 0 aliphatic carbocycles. The van der Waals surface area contributed by atoms with Gasteiger partial charge in [-0.15, -0.1) is 0 Å². The maximum atomic E-state index is 13.8. The van der Waals surface area contributed by atoms with Crippen LogP contribution in [0.1, 0.15) is 22.4 Å². The first-order chi connectivity index (χ1) is 13.4.